The Morgan fingerprint density at radius 3 is 2.50 bits per heavy atom. The zero-order valence-electron chi connectivity index (χ0n) is 9.86. The van der Waals surface area contributed by atoms with Gasteiger partial charge in [0.15, 0.2) is 0 Å². The molecule has 3 heteroatoms. The summed E-state index contributed by atoms with van der Waals surface area (Å²) in [6.07, 6.45) is 0. The zero-order valence-corrected chi connectivity index (χ0v) is 11.4. The first-order chi connectivity index (χ1) is 7.43. The van der Waals surface area contributed by atoms with Crippen molar-refractivity contribution < 1.29 is 4.79 Å². The Labute approximate surface area is 105 Å². The molecule has 16 heavy (non-hydrogen) atoms. The predicted molar refractivity (Wildman–Crippen MR) is 70.3 cm³/mol. The molecule has 1 aromatic rings. The monoisotopic (exact) mass is 281 g/mol. The van der Waals surface area contributed by atoms with Crippen LogP contribution in [-0.4, -0.2) is 5.91 Å². The molecule has 0 aliphatic rings. The van der Waals surface area contributed by atoms with Gasteiger partial charge < -0.3 is 5.32 Å². The van der Waals surface area contributed by atoms with Crippen LogP contribution in [0.5, 0.6) is 0 Å². The molecule has 0 fully saturated rings. The first kappa shape index (κ1) is 13.0. The summed E-state index contributed by atoms with van der Waals surface area (Å²) in [5.41, 5.74) is 3.99. The summed E-state index contributed by atoms with van der Waals surface area (Å²) < 4.78 is 1.06. The summed E-state index contributed by atoms with van der Waals surface area (Å²) in [5, 5.41) is 2.84. The van der Waals surface area contributed by atoms with Crippen molar-refractivity contribution in [2.45, 2.75) is 27.3 Å². The lowest BCUT2D eigenvalue weighted by Crippen LogP contribution is -2.23. The van der Waals surface area contributed by atoms with Crippen LogP contribution in [0.25, 0.3) is 0 Å². The fourth-order valence-electron chi connectivity index (χ4n) is 1.37. The number of hydrogen-bond donors (Lipinski definition) is 1. The van der Waals surface area contributed by atoms with Gasteiger partial charge in [-0.15, -0.1) is 0 Å². The molecule has 0 aliphatic carbocycles. The van der Waals surface area contributed by atoms with Gasteiger partial charge in [0.25, 0.3) is 0 Å². The lowest BCUT2D eigenvalue weighted by molar-refractivity contribution is -0.117. The number of hydrogen-bond acceptors (Lipinski definition) is 1. The second-order valence-corrected chi connectivity index (χ2v) is 4.75. The normalized spacial score (nSPS) is 10.0. The molecule has 0 saturated carbocycles. The smallest absolute Gasteiger partial charge is 0.246 e. The van der Waals surface area contributed by atoms with Gasteiger partial charge in [-0.25, -0.2) is 0 Å². The molecule has 2 nitrogen and oxygen atoms in total. The summed E-state index contributed by atoms with van der Waals surface area (Å²) >= 11 is 3.54. The number of benzene rings is 1. The molecule has 1 amide bonds. The van der Waals surface area contributed by atoms with Crippen molar-refractivity contribution in [2.24, 2.45) is 0 Å². The van der Waals surface area contributed by atoms with Gasteiger partial charge in [0.1, 0.15) is 0 Å². The number of carbonyl (C=O) groups is 1. The lowest BCUT2D eigenvalue weighted by atomic mass is 10.1. The van der Waals surface area contributed by atoms with Gasteiger partial charge in [0.05, 0.1) is 0 Å². The molecular weight excluding hydrogens is 266 g/mol. The van der Waals surface area contributed by atoms with Crippen LogP contribution in [0.1, 0.15) is 23.6 Å². The minimum absolute atomic E-state index is 0.104. The molecule has 0 spiro atoms. The standard InChI is InChI=1S/C13H16BrNO/c1-8(2)13(16)15-7-11-9(3)5-6-10(4)12(11)14/h5-6H,1,7H2,2-4H3,(H,15,16). The van der Waals surface area contributed by atoms with Gasteiger partial charge in [0.2, 0.25) is 5.91 Å². The molecule has 0 aliphatic heterocycles. The van der Waals surface area contributed by atoms with Crippen molar-refractivity contribution in [1.29, 1.82) is 0 Å². The van der Waals surface area contributed by atoms with Gasteiger partial charge in [0, 0.05) is 16.6 Å². The van der Waals surface area contributed by atoms with Crippen LogP contribution in [0.15, 0.2) is 28.8 Å². The van der Waals surface area contributed by atoms with Crippen LogP contribution in [0.4, 0.5) is 0 Å². The highest BCUT2D eigenvalue weighted by atomic mass is 79.9. The van der Waals surface area contributed by atoms with Crippen LogP contribution in [-0.2, 0) is 11.3 Å². The van der Waals surface area contributed by atoms with E-state index in [4.69, 9.17) is 0 Å². The lowest BCUT2D eigenvalue weighted by Gasteiger charge is -2.12. The Bertz CT molecular complexity index is 438. The summed E-state index contributed by atoms with van der Waals surface area (Å²) in [5.74, 6) is -0.104. The van der Waals surface area contributed by atoms with Crippen molar-refractivity contribution in [2.75, 3.05) is 0 Å². The van der Waals surface area contributed by atoms with Crippen LogP contribution < -0.4 is 5.32 Å². The quantitative estimate of drug-likeness (QED) is 0.847. The molecule has 86 valence electrons. The fourth-order valence-corrected chi connectivity index (χ4v) is 1.96. The summed E-state index contributed by atoms with van der Waals surface area (Å²) in [7, 11) is 0. The maximum atomic E-state index is 11.4. The van der Waals surface area contributed by atoms with E-state index in [1.54, 1.807) is 6.92 Å². The van der Waals surface area contributed by atoms with E-state index in [0.717, 1.165) is 10.0 Å². The van der Waals surface area contributed by atoms with Crippen molar-refractivity contribution >= 4 is 21.8 Å². The second-order valence-electron chi connectivity index (χ2n) is 3.95. The average Bonchev–Trinajstić information content (AvgIpc) is 2.23. The van der Waals surface area contributed by atoms with Crippen LogP contribution in [0.2, 0.25) is 0 Å². The van der Waals surface area contributed by atoms with Crippen molar-refractivity contribution in [3.05, 3.63) is 45.4 Å². The molecule has 0 bridgehead atoms. The Morgan fingerprint density at radius 1 is 1.38 bits per heavy atom. The maximum absolute atomic E-state index is 11.4. The van der Waals surface area contributed by atoms with Crippen LogP contribution in [0.3, 0.4) is 0 Å². The average molecular weight is 282 g/mol. The summed E-state index contributed by atoms with van der Waals surface area (Å²) in [6, 6.07) is 4.12. The van der Waals surface area contributed by atoms with E-state index < -0.39 is 0 Å². The topological polar surface area (TPSA) is 29.1 Å². The second kappa shape index (κ2) is 5.30. The SMILES string of the molecule is C=C(C)C(=O)NCc1c(C)ccc(C)c1Br. The number of aryl methyl sites for hydroxylation is 2. The molecule has 1 rings (SSSR count). The number of carbonyl (C=O) groups excluding carboxylic acids is 1. The first-order valence-electron chi connectivity index (χ1n) is 5.11. The van der Waals surface area contributed by atoms with Gasteiger partial charge in [-0.3, -0.25) is 4.79 Å². The van der Waals surface area contributed by atoms with Gasteiger partial charge in [-0.1, -0.05) is 34.6 Å². The van der Waals surface area contributed by atoms with Crippen LogP contribution in [0, 0.1) is 13.8 Å². The highest BCUT2D eigenvalue weighted by Gasteiger charge is 2.08. The largest absolute Gasteiger partial charge is 0.348 e. The zero-order chi connectivity index (χ0) is 12.3. The van der Waals surface area contributed by atoms with Crippen molar-refractivity contribution in [3.8, 4) is 0 Å². The number of halogens is 1. The molecule has 0 heterocycles. The third kappa shape index (κ3) is 2.95. The summed E-state index contributed by atoms with van der Waals surface area (Å²) in [6.45, 7) is 9.90. The molecule has 1 aromatic carbocycles. The van der Waals surface area contributed by atoms with Crippen molar-refractivity contribution in [1.82, 2.24) is 5.32 Å². The molecule has 1 N–H and O–H groups in total. The number of amides is 1. The first-order valence-corrected chi connectivity index (χ1v) is 5.91. The molecular formula is C13H16BrNO. The highest BCUT2D eigenvalue weighted by molar-refractivity contribution is 9.10. The van der Waals surface area contributed by atoms with Gasteiger partial charge >= 0.3 is 0 Å². The minimum Gasteiger partial charge on any atom is -0.348 e. The fraction of sp³-hybridized carbons (Fsp3) is 0.308. The van der Waals surface area contributed by atoms with E-state index in [9.17, 15) is 4.79 Å². The Balaban J connectivity index is 2.85. The van der Waals surface area contributed by atoms with Gasteiger partial charge in [-0.05, 0) is 37.5 Å². The number of rotatable bonds is 3. The third-order valence-electron chi connectivity index (χ3n) is 2.48. The van der Waals surface area contributed by atoms with E-state index in [-0.39, 0.29) is 5.91 Å². The maximum Gasteiger partial charge on any atom is 0.246 e. The highest BCUT2D eigenvalue weighted by Crippen LogP contribution is 2.24. The Morgan fingerprint density at radius 2 is 1.94 bits per heavy atom. The molecule has 0 saturated heterocycles. The van der Waals surface area contributed by atoms with Gasteiger partial charge in [-0.2, -0.15) is 0 Å². The van der Waals surface area contributed by atoms with E-state index in [1.807, 2.05) is 13.8 Å². The summed E-state index contributed by atoms with van der Waals surface area (Å²) in [4.78, 5) is 11.4. The molecule has 0 radical (unpaired) electrons. The van der Waals surface area contributed by atoms with E-state index in [0.29, 0.717) is 12.1 Å². The molecule has 0 unspecified atom stereocenters. The molecule has 0 atom stereocenters. The van der Waals surface area contributed by atoms with E-state index in [1.165, 1.54) is 11.1 Å². The van der Waals surface area contributed by atoms with E-state index >= 15 is 0 Å². The minimum atomic E-state index is -0.104. The van der Waals surface area contributed by atoms with Crippen molar-refractivity contribution in [3.63, 3.8) is 0 Å². The van der Waals surface area contributed by atoms with E-state index in [2.05, 4.69) is 40.0 Å². The Hall–Kier alpha value is -1.09. The predicted octanol–water partition coefficient (Wildman–Crippen LogP) is 3.26. The van der Waals surface area contributed by atoms with Crippen LogP contribution >= 0.6 is 15.9 Å². The Kier molecular flexibility index (Phi) is 4.30. The third-order valence-corrected chi connectivity index (χ3v) is 3.59. The molecule has 0 aromatic heterocycles. The number of nitrogens with one attached hydrogen (secondary N) is 1.